The first-order valence-electron chi connectivity index (χ1n) is 13.2. The normalized spacial score (nSPS) is 17.9. The molecule has 2 aromatic rings. The molecule has 4 unspecified atom stereocenters. The van der Waals surface area contributed by atoms with Crippen molar-refractivity contribution in [3.63, 3.8) is 0 Å². The van der Waals surface area contributed by atoms with Crippen molar-refractivity contribution in [3.8, 4) is 12.3 Å². The SMILES string of the molecule is C#Cc1ccccc1C(C(=O)Nc1c(C)cccc1Cl)N(C(=O)C(NC(=O)OC(C)(C)C)C(C)C)C1CC1C. The summed E-state index contributed by atoms with van der Waals surface area (Å²) in [6.07, 6.45) is 5.86. The van der Waals surface area contributed by atoms with Crippen molar-refractivity contribution in [2.75, 3.05) is 5.32 Å². The highest BCUT2D eigenvalue weighted by atomic mass is 35.5. The van der Waals surface area contributed by atoms with Crippen LogP contribution in [-0.2, 0) is 14.3 Å². The molecular weight excluding hydrogens is 514 g/mol. The number of terminal acetylenes is 1. The maximum atomic E-state index is 14.3. The molecule has 3 rings (SSSR count). The van der Waals surface area contributed by atoms with Gasteiger partial charge in [0.05, 0.1) is 10.7 Å². The first-order chi connectivity index (χ1) is 18.2. The molecule has 1 fully saturated rings. The second-order valence-electron chi connectivity index (χ2n) is 11.4. The zero-order valence-electron chi connectivity index (χ0n) is 23.7. The van der Waals surface area contributed by atoms with E-state index in [1.165, 1.54) is 0 Å². The number of benzene rings is 2. The summed E-state index contributed by atoms with van der Waals surface area (Å²) in [5.74, 6) is 1.72. The Labute approximate surface area is 236 Å². The molecule has 4 atom stereocenters. The largest absolute Gasteiger partial charge is 0.444 e. The van der Waals surface area contributed by atoms with Gasteiger partial charge in [0.15, 0.2) is 0 Å². The number of aryl methyl sites for hydroxylation is 1. The van der Waals surface area contributed by atoms with Crippen molar-refractivity contribution >= 4 is 35.2 Å². The van der Waals surface area contributed by atoms with E-state index in [1.54, 1.807) is 62.1 Å². The van der Waals surface area contributed by atoms with E-state index in [1.807, 2.05) is 33.8 Å². The van der Waals surface area contributed by atoms with Crippen LogP contribution in [0.1, 0.15) is 70.7 Å². The molecule has 39 heavy (non-hydrogen) atoms. The molecule has 1 aliphatic carbocycles. The lowest BCUT2D eigenvalue weighted by Gasteiger charge is -2.36. The zero-order valence-corrected chi connectivity index (χ0v) is 24.4. The van der Waals surface area contributed by atoms with E-state index in [0.717, 1.165) is 12.0 Å². The number of hydrogen-bond donors (Lipinski definition) is 2. The Morgan fingerprint density at radius 1 is 1.13 bits per heavy atom. The Bertz CT molecular complexity index is 1260. The molecule has 0 heterocycles. The van der Waals surface area contributed by atoms with Gasteiger partial charge in [-0.2, -0.15) is 0 Å². The molecule has 0 aromatic heterocycles. The van der Waals surface area contributed by atoms with E-state index in [4.69, 9.17) is 22.8 Å². The Kier molecular flexibility index (Phi) is 9.34. The van der Waals surface area contributed by atoms with Crippen LogP contribution in [0.25, 0.3) is 0 Å². The van der Waals surface area contributed by atoms with Crippen LogP contribution in [0.2, 0.25) is 5.02 Å². The Morgan fingerprint density at radius 3 is 2.31 bits per heavy atom. The second kappa shape index (κ2) is 12.1. The average molecular weight is 552 g/mol. The van der Waals surface area contributed by atoms with Crippen molar-refractivity contribution in [2.45, 2.75) is 78.6 Å². The molecule has 208 valence electrons. The zero-order chi connectivity index (χ0) is 29.1. The summed E-state index contributed by atoms with van der Waals surface area (Å²) >= 11 is 6.44. The van der Waals surface area contributed by atoms with E-state index >= 15 is 0 Å². The highest BCUT2D eigenvalue weighted by molar-refractivity contribution is 6.34. The van der Waals surface area contributed by atoms with E-state index in [2.05, 4.69) is 16.6 Å². The molecule has 0 bridgehead atoms. The molecule has 0 spiro atoms. The van der Waals surface area contributed by atoms with Crippen molar-refractivity contribution in [2.24, 2.45) is 11.8 Å². The van der Waals surface area contributed by atoms with Crippen LogP contribution in [0.3, 0.4) is 0 Å². The molecule has 2 N–H and O–H groups in total. The van der Waals surface area contributed by atoms with Crippen LogP contribution in [0.15, 0.2) is 42.5 Å². The molecule has 8 heteroatoms. The number of carbonyl (C=O) groups is 3. The van der Waals surface area contributed by atoms with Crippen LogP contribution in [0, 0.1) is 31.1 Å². The van der Waals surface area contributed by atoms with E-state index < -0.39 is 29.7 Å². The molecule has 0 radical (unpaired) electrons. The Balaban J connectivity index is 2.10. The van der Waals surface area contributed by atoms with Gasteiger partial charge in [-0.1, -0.05) is 68.6 Å². The number of hydrogen-bond acceptors (Lipinski definition) is 4. The number of nitrogens with zero attached hydrogens (tertiary/aromatic N) is 1. The number of nitrogens with one attached hydrogen (secondary N) is 2. The number of para-hydroxylation sites is 1. The quantitative estimate of drug-likeness (QED) is 0.388. The van der Waals surface area contributed by atoms with E-state index in [9.17, 15) is 14.4 Å². The lowest BCUT2D eigenvalue weighted by molar-refractivity contribution is -0.142. The third kappa shape index (κ3) is 7.33. The topological polar surface area (TPSA) is 87.7 Å². The molecule has 2 aromatic carbocycles. The number of rotatable bonds is 8. The van der Waals surface area contributed by atoms with Crippen LogP contribution < -0.4 is 10.6 Å². The maximum absolute atomic E-state index is 14.3. The fourth-order valence-corrected chi connectivity index (χ4v) is 4.82. The third-order valence-corrected chi connectivity index (χ3v) is 7.01. The molecule has 7 nitrogen and oxygen atoms in total. The molecule has 0 aliphatic heterocycles. The fraction of sp³-hybridized carbons (Fsp3) is 0.452. The molecule has 3 amide bonds. The smallest absolute Gasteiger partial charge is 0.408 e. The number of alkyl carbamates (subject to hydrolysis) is 1. The van der Waals surface area contributed by atoms with E-state index in [-0.39, 0.29) is 23.8 Å². The summed E-state index contributed by atoms with van der Waals surface area (Å²) in [6, 6.07) is 10.2. The van der Waals surface area contributed by atoms with Crippen LogP contribution in [0.5, 0.6) is 0 Å². The lowest BCUT2D eigenvalue weighted by atomic mass is 9.95. The minimum absolute atomic E-state index is 0.165. The third-order valence-electron chi connectivity index (χ3n) is 6.69. The standard InChI is InChI=1S/C31H38ClN3O4/c1-9-21-14-10-11-15-22(21)27(28(36)33-26-19(4)13-12-16-23(26)32)35(24-17-20(24)5)29(37)25(18(2)3)34-30(38)39-31(6,7)8/h1,10-16,18,20,24-25,27H,17H2,2-8H3,(H,33,36)(H,34,38). The van der Waals surface area contributed by atoms with Crippen molar-refractivity contribution in [3.05, 3.63) is 64.2 Å². The Hall–Kier alpha value is -3.50. The number of carbonyl (C=O) groups excluding carboxylic acids is 3. The first-order valence-corrected chi connectivity index (χ1v) is 13.6. The summed E-state index contributed by atoms with van der Waals surface area (Å²) < 4.78 is 5.44. The van der Waals surface area contributed by atoms with Gasteiger partial charge in [0.25, 0.3) is 5.91 Å². The second-order valence-corrected chi connectivity index (χ2v) is 11.9. The molecule has 1 aliphatic rings. The minimum Gasteiger partial charge on any atom is -0.444 e. The van der Waals surface area contributed by atoms with Gasteiger partial charge in [0, 0.05) is 11.6 Å². The highest BCUT2D eigenvalue weighted by Gasteiger charge is 2.49. The maximum Gasteiger partial charge on any atom is 0.408 e. The monoisotopic (exact) mass is 551 g/mol. The summed E-state index contributed by atoms with van der Waals surface area (Å²) in [5, 5.41) is 6.09. The number of amides is 3. The van der Waals surface area contributed by atoms with Crippen molar-refractivity contribution in [1.82, 2.24) is 10.2 Å². The van der Waals surface area contributed by atoms with Gasteiger partial charge in [-0.05, 0) is 69.2 Å². The minimum atomic E-state index is -1.06. The first kappa shape index (κ1) is 30.0. The van der Waals surface area contributed by atoms with Crippen molar-refractivity contribution < 1.29 is 19.1 Å². The van der Waals surface area contributed by atoms with Gasteiger partial charge in [-0.15, -0.1) is 6.42 Å². The summed E-state index contributed by atoms with van der Waals surface area (Å²) in [7, 11) is 0. The number of halogens is 1. The molecule has 1 saturated carbocycles. The predicted octanol–water partition coefficient (Wildman–Crippen LogP) is 6.10. The van der Waals surface area contributed by atoms with Crippen LogP contribution >= 0.6 is 11.6 Å². The molecular formula is C31H38ClN3O4. The van der Waals surface area contributed by atoms with Crippen molar-refractivity contribution in [1.29, 1.82) is 0 Å². The van der Waals surface area contributed by atoms with E-state index in [0.29, 0.717) is 21.8 Å². The predicted molar refractivity (Wildman–Crippen MR) is 154 cm³/mol. The average Bonchev–Trinajstić information content (AvgIpc) is 3.57. The van der Waals surface area contributed by atoms with Crippen LogP contribution in [-0.4, -0.2) is 40.5 Å². The van der Waals surface area contributed by atoms with Crippen LogP contribution in [0.4, 0.5) is 10.5 Å². The summed E-state index contributed by atoms with van der Waals surface area (Å²) in [5.41, 5.74) is 1.54. The van der Waals surface area contributed by atoms with Gasteiger partial charge < -0.3 is 20.3 Å². The molecule has 0 saturated heterocycles. The fourth-order valence-electron chi connectivity index (χ4n) is 4.55. The lowest BCUT2D eigenvalue weighted by Crippen LogP contribution is -2.55. The summed E-state index contributed by atoms with van der Waals surface area (Å²) in [4.78, 5) is 42.7. The summed E-state index contributed by atoms with van der Waals surface area (Å²) in [6.45, 7) is 12.8. The number of ether oxygens (including phenoxy) is 1. The Morgan fingerprint density at radius 2 is 1.77 bits per heavy atom. The highest BCUT2D eigenvalue weighted by Crippen LogP contribution is 2.42. The van der Waals surface area contributed by atoms with Gasteiger partial charge in [-0.25, -0.2) is 4.79 Å². The van der Waals surface area contributed by atoms with Gasteiger partial charge in [0.1, 0.15) is 17.7 Å². The van der Waals surface area contributed by atoms with Gasteiger partial charge in [-0.3, -0.25) is 9.59 Å². The number of anilines is 1. The van der Waals surface area contributed by atoms with Gasteiger partial charge in [0.2, 0.25) is 5.91 Å². The van der Waals surface area contributed by atoms with Gasteiger partial charge >= 0.3 is 6.09 Å².